The Kier molecular flexibility index (Phi) is 1.90. The van der Waals surface area contributed by atoms with E-state index in [0.717, 1.165) is 5.70 Å². The number of rotatable bonds is 0. The van der Waals surface area contributed by atoms with E-state index in [0.29, 0.717) is 11.3 Å². The number of Topliss-reactive ketones (excluding diaryl/α,β-unsaturated/α-hetero) is 1. The minimum absolute atomic E-state index is 0.00514. The molecule has 3 aliphatic heterocycles. The lowest BCUT2D eigenvalue weighted by molar-refractivity contribution is 0.0800. The number of hydrogen-bond acceptors (Lipinski definition) is 3. The van der Waals surface area contributed by atoms with Gasteiger partial charge in [-0.15, -0.1) is 0 Å². The van der Waals surface area contributed by atoms with E-state index in [9.17, 15) is 4.79 Å². The van der Waals surface area contributed by atoms with Crippen LogP contribution in [0.25, 0.3) is 0 Å². The van der Waals surface area contributed by atoms with E-state index < -0.39 is 5.60 Å². The Labute approximate surface area is 110 Å². The van der Waals surface area contributed by atoms with Gasteiger partial charge in [-0.2, -0.15) is 0 Å². The Morgan fingerprint density at radius 1 is 1.11 bits per heavy atom. The number of carbonyl (C=O) groups excluding carboxylic acids is 1. The van der Waals surface area contributed by atoms with Crippen LogP contribution in [-0.4, -0.2) is 16.3 Å². The van der Waals surface area contributed by atoms with E-state index in [1.807, 2.05) is 71.9 Å². The van der Waals surface area contributed by atoms with Gasteiger partial charge in [0, 0.05) is 18.1 Å². The predicted octanol–water partition coefficient (Wildman–Crippen LogP) is 2.80. The number of hydrogen-bond donors (Lipinski definition) is 0. The lowest BCUT2D eigenvalue weighted by Gasteiger charge is -2.30. The Balaban J connectivity index is 1.82. The maximum absolute atomic E-state index is 12.6. The summed E-state index contributed by atoms with van der Waals surface area (Å²) in [4.78, 5) is 14.5. The second-order valence-corrected chi connectivity index (χ2v) is 4.71. The zero-order valence-corrected chi connectivity index (χ0v) is 10.1. The van der Waals surface area contributed by atoms with Gasteiger partial charge in [-0.05, 0) is 36.4 Å². The van der Waals surface area contributed by atoms with Gasteiger partial charge in [-0.1, -0.05) is 18.2 Å². The molecule has 1 aromatic rings. The van der Waals surface area contributed by atoms with Crippen LogP contribution in [0.5, 0.6) is 5.75 Å². The fourth-order valence-corrected chi connectivity index (χ4v) is 2.57. The summed E-state index contributed by atoms with van der Waals surface area (Å²) in [5, 5.41) is 0. The zero-order valence-electron chi connectivity index (χ0n) is 10.1. The molecule has 0 aromatic heterocycles. The fraction of sp³-hybridized carbons (Fsp3) is 0.0625. The molecule has 0 fully saturated rings. The maximum Gasteiger partial charge on any atom is 0.218 e. The molecular formula is C16H11NO2. The largest absolute Gasteiger partial charge is 0.470 e. The van der Waals surface area contributed by atoms with Crippen LogP contribution in [0, 0.1) is 0 Å². The summed E-state index contributed by atoms with van der Waals surface area (Å²) in [5.74, 6) is 0.646. The van der Waals surface area contributed by atoms with Crippen LogP contribution in [0.15, 0.2) is 72.7 Å². The molecule has 1 atom stereocenters. The quantitative estimate of drug-likeness (QED) is 0.708. The maximum atomic E-state index is 12.6. The minimum Gasteiger partial charge on any atom is -0.470 e. The van der Waals surface area contributed by atoms with E-state index in [4.69, 9.17) is 4.74 Å². The van der Waals surface area contributed by atoms with Crippen molar-refractivity contribution in [2.24, 2.45) is 0 Å². The van der Waals surface area contributed by atoms with Gasteiger partial charge in [0.2, 0.25) is 11.4 Å². The first-order valence-electron chi connectivity index (χ1n) is 6.17. The van der Waals surface area contributed by atoms with Crippen molar-refractivity contribution in [1.82, 2.24) is 4.90 Å². The van der Waals surface area contributed by atoms with Crippen LogP contribution >= 0.6 is 0 Å². The second-order valence-electron chi connectivity index (χ2n) is 4.71. The van der Waals surface area contributed by atoms with Gasteiger partial charge in [0.05, 0.1) is 5.56 Å². The lowest BCUT2D eigenvalue weighted by Crippen LogP contribution is -2.39. The fourth-order valence-electron chi connectivity index (χ4n) is 2.57. The van der Waals surface area contributed by atoms with E-state index in [2.05, 4.69) is 0 Å². The predicted molar refractivity (Wildman–Crippen MR) is 71.5 cm³/mol. The van der Waals surface area contributed by atoms with E-state index in [-0.39, 0.29) is 5.78 Å². The number of carbonyl (C=O) groups is 1. The molecule has 3 aliphatic rings. The third-order valence-electron chi connectivity index (χ3n) is 3.53. The standard InChI is InChI=1S/C16H11NO2/c18-15-13-6-1-2-7-14(13)19-16(15)8-10-17-9-4-3-5-12(17)11-16/h1-11H. The molecule has 3 nitrogen and oxygen atoms in total. The molecule has 0 saturated heterocycles. The summed E-state index contributed by atoms with van der Waals surface area (Å²) in [6, 6.07) is 7.37. The Bertz CT molecular complexity index is 696. The number of para-hydroxylation sites is 1. The number of fused-ring (bicyclic) bond motifs is 2. The average Bonchev–Trinajstić information content (AvgIpc) is 2.72. The topological polar surface area (TPSA) is 29.5 Å². The Morgan fingerprint density at radius 2 is 2.00 bits per heavy atom. The van der Waals surface area contributed by atoms with Gasteiger partial charge in [0.25, 0.3) is 0 Å². The van der Waals surface area contributed by atoms with Crippen LogP contribution < -0.4 is 4.74 Å². The molecule has 0 saturated carbocycles. The van der Waals surface area contributed by atoms with Gasteiger partial charge >= 0.3 is 0 Å². The number of nitrogens with zero attached hydrogens (tertiary/aromatic N) is 1. The smallest absolute Gasteiger partial charge is 0.218 e. The molecule has 1 unspecified atom stereocenters. The van der Waals surface area contributed by atoms with Gasteiger partial charge in [0.15, 0.2) is 0 Å². The molecule has 0 amide bonds. The van der Waals surface area contributed by atoms with Crippen molar-refractivity contribution in [1.29, 1.82) is 0 Å². The summed E-state index contributed by atoms with van der Waals surface area (Å²) in [5.41, 5.74) is 0.615. The lowest BCUT2D eigenvalue weighted by atomic mass is 9.91. The minimum atomic E-state index is -0.981. The third-order valence-corrected chi connectivity index (χ3v) is 3.53. The second kappa shape index (κ2) is 3.48. The molecule has 3 heterocycles. The van der Waals surface area contributed by atoms with Crippen LogP contribution in [-0.2, 0) is 0 Å². The van der Waals surface area contributed by atoms with Crippen molar-refractivity contribution >= 4 is 5.78 Å². The molecule has 1 aromatic carbocycles. The molecule has 0 bridgehead atoms. The highest BCUT2D eigenvalue weighted by Crippen LogP contribution is 2.39. The molecule has 0 N–H and O–H groups in total. The first-order valence-corrected chi connectivity index (χ1v) is 6.17. The van der Waals surface area contributed by atoms with Gasteiger partial charge in [-0.3, -0.25) is 4.79 Å². The van der Waals surface area contributed by atoms with Crippen LogP contribution in [0.2, 0.25) is 0 Å². The molecule has 1 spiro atoms. The Hall–Kier alpha value is -2.55. The third kappa shape index (κ3) is 1.35. The first kappa shape index (κ1) is 10.4. The molecular weight excluding hydrogens is 238 g/mol. The number of ketones is 1. The van der Waals surface area contributed by atoms with Crippen LogP contribution in [0.4, 0.5) is 0 Å². The highest BCUT2D eigenvalue weighted by Gasteiger charge is 2.46. The highest BCUT2D eigenvalue weighted by molar-refractivity contribution is 6.10. The van der Waals surface area contributed by atoms with Gasteiger partial charge in [-0.25, -0.2) is 0 Å². The van der Waals surface area contributed by atoms with E-state index in [1.165, 1.54) is 0 Å². The molecule has 0 aliphatic carbocycles. The van der Waals surface area contributed by atoms with Crippen molar-refractivity contribution in [3.8, 4) is 5.75 Å². The molecule has 19 heavy (non-hydrogen) atoms. The molecule has 3 heteroatoms. The summed E-state index contributed by atoms with van der Waals surface area (Å²) >= 11 is 0. The van der Waals surface area contributed by atoms with Crippen molar-refractivity contribution in [3.63, 3.8) is 0 Å². The van der Waals surface area contributed by atoms with Crippen molar-refractivity contribution in [2.75, 3.05) is 0 Å². The van der Waals surface area contributed by atoms with Crippen molar-refractivity contribution in [3.05, 3.63) is 78.3 Å². The normalized spacial score (nSPS) is 26.2. The van der Waals surface area contributed by atoms with Crippen molar-refractivity contribution < 1.29 is 9.53 Å². The molecule has 4 rings (SSSR count). The summed E-state index contributed by atoms with van der Waals surface area (Å²) in [6.07, 6.45) is 13.4. The SMILES string of the molecule is O=C1c2ccccc2OC12C=CN1C=CC=CC1=C2. The Morgan fingerprint density at radius 3 is 2.89 bits per heavy atom. The average molecular weight is 249 g/mol. The monoisotopic (exact) mass is 249 g/mol. The van der Waals surface area contributed by atoms with Gasteiger partial charge < -0.3 is 9.64 Å². The van der Waals surface area contributed by atoms with Crippen LogP contribution in [0.3, 0.4) is 0 Å². The summed E-state index contributed by atoms with van der Waals surface area (Å²) < 4.78 is 5.90. The number of ether oxygens (including phenoxy) is 1. The molecule has 0 radical (unpaired) electrons. The number of benzene rings is 1. The van der Waals surface area contributed by atoms with Crippen LogP contribution in [0.1, 0.15) is 10.4 Å². The van der Waals surface area contributed by atoms with Crippen molar-refractivity contribution in [2.45, 2.75) is 5.60 Å². The summed E-state index contributed by atoms with van der Waals surface area (Å²) in [6.45, 7) is 0. The van der Waals surface area contributed by atoms with Gasteiger partial charge in [0.1, 0.15) is 5.75 Å². The highest BCUT2D eigenvalue weighted by atomic mass is 16.5. The molecule has 92 valence electrons. The van der Waals surface area contributed by atoms with E-state index >= 15 is 0 Å². The number of allylic oxidation sites excluding steroid dienone is 3. The zero-order chi connectivity index (χ0) is 12.9. The van der Waals surface area contributed by atoms with E-state index in [1.54, 1.807) is 0 Å². The summed E-state index contributed by atoms with van der Waals surface area (Å²) in [7, 11) is 0. The first-order chi connectivity index (χ1) is 9.28.